The normalized spacial score (nSPS) is 23.3. The third-order valence-electron chi connectivity index (χ3n) is 3.94. The monoisotopic (exact) mass is 413 g/mol. The molecule has 13 heteroatoms. The number of thiazole rings is 1. The molecule has 0 spiro atoms. The standard InChI is InChI=1S/C14H15N5O6S2/c1-4-5-2-26-11(18-7(5)13(23)25-4)9(12(21)22)17-10(20)8(19-24)6-3-27-14(15)16-6/h3-4,9,11,18,24H,2H2,1H3,(H2,15,16)(H,17,20)(H,21,22)/b19-8-/t4-,9-,11-/m0/s1. The molecule has 0 aliphatic carbocycles. The van der Waals surface area contributed by atoms with Crippen molar-refractivity contribution in [1.82, 2.24) is 15.6 Å². The van der Waals surface area contributed by atoms with Gasteiger partial charge in [-0.15, -0.1) is 23.1 Å². The predicted octanol–water partition coefficient (Wildman–Crippen LogP) is -0.665. The van der Waals surface area contributed by atoms with Crippen molar-refractivity contribution in [3.8, 4) is 0 Å². The number of carbonyl (C=O) groups is 3. The van der Waals surface area contributed by atoms with Gasteiger partial charge in [0, 0.05) is 16.7 Å². The van der Waals surface area contributed by atoms with Crippen LogP contribution in [0.15, 0.2) is 21.8 Å². The Morgan fingerprint density at radius 1 is 1.56 bits per heavy atom. The first kappa shape index (κ1) is 19.0. The molecule has 0 saturated heterocycles. The molecule has 144 valence electrons. The zero-order chi connectivity index (χ0) is 19.7. The van der Waals surface area contributed by atoms with Gasteiger partial charge in [-0.3, -0.25) is 4.79 Å². The summed E-state index contributed by atoms with van der Waals surface area (Å²) in [5.74, 6) is -2.45. The van der Waals surface area contributed by atoms with Crippen LogP contribution in [0.5, 0.6) is 0 Å². The number of hydrogen-bond donors (Lipinski definition) is 5. The Hall–Kier alpha value is -2.80. The quantitative estimate of drug-likeness (QED) is 0.180. The molecule has 0 radical (unpaired) electrons. The molecule has 0 fully saturated rings. The Morgan fingerprint density at radius 3 is 2.89 bits per heavy atom. The van der Waals surface area contributed by atoms with E-state index in [0.717, 1.165) is 16.9 Å². The summed E-state index contributed by atoms with van der Waals surface area (Å²) in [5, 5.41) is 27.4. The number of carboxylic acid groups (broad SMARTS) is 1. The van der Waals surface area contributed by atoms with E-state index in [4.69, 9.17) is 15.7 Å². The Kier molecular flexibility index (Phi) is 5.23. The maximum Gasteiger partial charge on any atom is 0.355 e. The van der Waals surface area contributed by atoms with Gasteiger partial charge in [-0.1, -0.05) is 5.16 Å². The van der Waals surface area contributed by atoms with Gasteiger partial charge in [-0.25, -0.2) is 14.6 Å². The zero-order valence-electron chi connectivity index (χ0n) is 13.8. The smallest absolute Gasteiger partial charge is 0.355 e. The van der Waals surface area contributed by atoms with Gasteiger partial charge in [0.25, 0.3) is 5.91 Å². The summed E-state index contributed by atoms with van der Waals surface area (Å²) in [4.78, 5) is 39.8. The average Bonchev–Trinajstić information content (AvgIpc) is 3.16. The van der Waals surface area contributed by atoms with Crippen LogP contribution in [0.25, 0.3) is 0 Å². The van der Waals surface area contributed by atoms with Gasteiger partial charge in [0.2, 0.25) is 0 Å². The molecule has 1 aromatic heterocycles. The Morgan fingerprint density at radius 2 is 2.30 bits per heavy atom. The maximum absolute atomic E-state index is 12.4. The molecule has 3 heterocycles. The van der Waals surface area contributed by atoms with E-state index in [1.807, 2.05) is 0 Å². The second kappa shape index (κ2) is 7.44. The zero-order valence-corrected chi connectivity index (χ0v) is 15.5. The van der Waals surface area contributed by atoms with Crippen LogP contribution in [0, 0.1) is 0 Å². The van der Waals surface area contributed by atoms with Gasteiger partial charge in [-0.2, -0.15) is 0 Å². The van der Waals surface area contributed by atoms with Crippen molar-refractivity contribution in [2.24, 2.45) is 5.16 Å². The summed E-state index contributed by atoms with van der Waals surface area (Å²) >= 11 is 2.24. The van der Waals surface area contributed by atoms with Crippen LogP contribution >= 0.6 is 23.1 Å². The number of hydrogen-bond acceptors (Lipinski definition) is 11. The topological polar surface area (TPSA) is 176 Å². The minimum Gasteiger partial charge on any atom is -0.480 e. The molecule has 6 N–H and O–H groups in total. The lowest BCUT2D eigenvalue weighted by molar-refractivity contribution is -0.142. The lowest BCUT2D eigenvalue weighted by Gasteiger charge is -2.29. The number of nitrogens with one attached hydrogen (secondary N) is 2. The molecule has 1 amide bonds. The molecule has 0 unspecified atom stereocenters. The van der Waals surface area contributed by atoms with Crippen LogP contribution in [0.2, 0.25) is 0 Å². The van der Waals surface area contributed by atoms with E-state index in [9.17, 15) is 19.5 Å². The number of nitrogen functional groups attached to an aromatic ring is 1. The summed E-state index contributed by atoms with van der Waals surface area (Å²) < 4.78 is 5.10. The van der Waals surface area contributed by atoms with E-state index in [-0.39, 0.29) is 22.6 Å². The van der Waals surface area contributed by atoms with Crippen molar-refractivity contribution in [1.29, 1.82) is 0 Å². The minimum absolute atomic E-state index is 0.0177. The highest BCUT2D eigenvalue weighted by Gasteiger charge is 2.41. The van der Waals surface area contributed by atoms with E-state index in [1.54, 1.807) is 6.92 Å². The minimum atomic E-state index is -1.41. The Labute approximate surface area is 160 Å². The number of carbonyl (C=O) groups excluding carboxylic acids is 2. The van der Waals surface area contributed by atoms with Crippen molar-refractivity contribution < 1.29 is 29.4 Å². The SMILES string of the molecule is C[C@@H]1OC(=O)C2=C1CS[C@@H]([C@H](NC(=O)/C(=N\O)c1csc(N)n1)C(=O)O)N2. The number of cyclic esters (lactones) is 1. The van der Waals surface area contributed by atoms with Crippen LogP contribution in [0.3, 0.4) is 0 Å². The number of thioether (sulfide) groups is 1. The molecule has 2 aliphatic heterocycles. The highest BCUT2D eigenvalue weighted by Crippen LogP contribution is 2.32. The first-order chi connectivity index (χ1) is 12.8. The van der Waals surface area contributed by atoms with Crippen molar-refractivity contribution in [2.75, 3.05) is 11.5 Å². The van der Waals surface area contributed by atoms with Crippen LogP contribution in [-0.4, -0.2) is 62.1 Å². The predicted molar refractivity (Wildman–Crippen MR) is 96.4 cm³/mol. The molecule has 27 heavy (non-hydrogen) atoms. The second-order valence-corrected chi connectivity index (χ2v) is 7.65. The first-order valence-electron chi connectivity index (χ1n) is 7.61. The number of anilines is 1. The molecule has 11 nitrogen and oxygen atoms in total. The number of esters is 1. The maximum atomic E-state index is 12.4. The van der Waals surface area contributed by atoms with Crippen LogP contribution in [-0.2, 0) is 19.1 Å². The number of oxime groups is 1. The third-order valence-corrected chi connectivity index (χ3v) is 5.84. The number of carboxylic acids is 1. The van der Waals surface area contributed by atoms with E-state index >= 15 is 0 Å². The number of ether oxygens (including phenoxy) is 1. The van der Waals surface area contributed by atoms with Crippen molar-refractivity contribution in [3.63, 3.8) is 0 Å². The number of aliphatic carboxylic acids is 1. The summed E-state index contributed by atoms with van der Waals surface area (Å²) in [5.41, 5.74) is 6.00. The molecule has 0 saturated carbocycles. The highest BCUT2D eigenvalue weighted by atomic mass is 32.2. The summed E-state index contributed by atoms with van der Waals surface area (Å²) in [6, 6.07) is -1.41. The first-order valence-corrected chi connectivity index (χ1v) is 9.54. The van der Waals surface area contributed by atoms with E-state index in [0.29, 0.717) is 5.75 Å². The van der Waals surface area contributed by atoms with Gasteiger partial charge >= 0.3 is 11.9 Å². The number of rotatable bonds is 5. The van der Waals surface area contributed by atoms with Crippen molar-refractivity contribution in [2.45, 2.75) is 24.4 Å². The molecule has 3 rings (SSSR count). The van der Waals surface area contributed by atoms with Crippen molar-refractivity contribution in [3.05, 3.63) is 22.3 Å². The third kappa shape index (κ3) is 3.68. The number of nitrogens with zero attached hydrogens (tertiary/aromatic N) is 2. The molecular formula is C14H15N5O6S2. The van der Waals surface area contributed by atoms with Gasteiger partial charge in [0.1, 0.15) is 22.9 Å². The van der Waals surface area contributed by atoms with Crippen LogP contribution < -0.4 is 16.4 Å². The van der Waals surface area contributed by atoms with Gasteiger partial charge in [0.15, 0.2) is 16.9 Å². The number of amides is 1. The number of nitrogens with two attached hydrogens (primary N) is 1. The Bertz CT molecular complexity index is 866. The summed E-state index contributed by atoms with van der Waals surface area (Å²) in [6.07, 6.45) is -0.380. The average molecular weight is 413 g/mol. The van der Waals surface area contributed by atoms with E-state index < -0.39 is 35.0 Å². The van der Waals surface area contributed by atoms with E-state index in [2.05, 4.69) is 20.8 Å². The molecule has 2 aliphatic rings. The molecular weight excluding hydrogens is 398 g/mol. The Balaban J connectivity index is 1.77. The fraction of sp³-hybridized carbons (Fsp3) is 0.357. The van der Waals surface area contributed by atoms with E-state index in [1.165, 1.54) is 17.1 Å². The van der Waals surface area contributed by atoms with Gasteiger partial charge < -0.3 is 31.4 Å². The van der Waals surface area contributed by atoms with Crippen LogP contribution in [0.4, 0.5) is 5.13 Å². The second-order valence-electron chi connectivity index (χ2n) is 5.63. The van der Waals surface area contributed by atoms with Gasteiger partial charge in [0.05, 0.1) is 0 Å². The van der Waals surface area contributed by atoms with Gasteiger partial charge in [-0.05, 0) is 6.92 Å². The van der Waals surface area contributed by atoms with Crippen LogP contribution in [0.1, 0.15) is 12.6 Å². The summed E-state index contributed by atoms with van der Waals surface area (Å²) in [6.45, 7) is 1.73. The fourth-order valence-corrected chi connectivity index (χ4v) is 4.46. The molecule has 0 aromatic carbocycles. The lowest BCUT2D eigenvalue weighted by atomic mass is 10.1. The molecule has 1 aromatic rings. The largest absolute Gasteiger partial charge is 0.480 e. The highest BCUT2D eigenvalue weighted by molar-refractivity contribution is 8.00. The lowest BCUT2D eigenvalue weighted by Crippen LogP contribution is -2.55. The fourth-order valence-electron chi connectivity index (χ4n) is 2.60. The molecule has 3 atom stereocenters. The molecule has 0 bridgehead atoms. The van der Waals surface area contributed by atoms with Crippen molar-refractivity contribution >= 4 is 51.8 Å². The number of aromatic nitrogens is 1. The summed E-state index contributed by atoms with van der Waals surface area (Å²) in [7, 11) is 0.